The molecule has 0 bridgehead atoms. The highest BCUT2D eigenvalue weighted by Crippen LogP contribution is 2.28. The van der Waals surface area contributed by atoms with Crippen LogP contribution in [0.1, 0.15) is 22.3 Å². The molecule has 0 saturated heterocycles. The van der Waals surface area contributed by atoms with E-state index in [0.29, 0.717) is 27.7 Å². The summed E-state index contributed by atoms with van der Waals surface area (Å²) in [5, 5.41) is 16.5. The highest BCUT2D eigenvalue weighted by molar-refractivity contribution is 7.91. The van der Waals surface area contributed by atoms with Gasteiger partial charge in [-0.25, -0.2) is 13.0 Å². The minimum absolute atomic E-state index is 0.171. The van der Waals surface area contributed by atoms with Crippen molar-refractivity contribution in [2.45, 2.75) is 30.6 Å². The minimum atomic E-state index is -3.64. The SMILES string of the molecule is Cc1ccc(S(=O)(=O)c2ccc(N/N=C/c3c(O)n(-c4ccc(C)cc4C)c(=O)c4ccccc34)cc2)cc1. The van der Waals surface area contributed by atoms with Gasteiger partial charge >= 0.3 is 0 Å². The standard InChI is InChI=1S/C31H27N3O4S/c1-20-8-13-24(14-9-20)39(37,38)25-15-11-23(12-16-25)33-32-19-28-26-6-4-5-7-27(26)30(35)34(31(28)36)29-17-10-21(2)18-22(29)3/h4-19,33,36H,1-3H3/b32-19+. The summed E-state index contributed by atoms with van der Waals surface area (Å²) in [5.41, 5.74) is 6.95. The number of aryl methyl sites for hydroxylation is 3. The van der Waals surface area contributed by atoms with Crippen LogP contribution in [0.15, 0.2) is 111 Å². The highest BCUT2D eigenvalue weighted by atomic mass is 32.2. The van der Waals surface area contributed by atoms with Crippen molar-refractivity contribution < 1.29 is 13.5 Å². The Morgan fingerprint density at radius 3 is 2.03 bits per heavy atom. The van der Waals surface area contributed by atoms with Crippen molar-refractivity contribution >= 4 is 32.5 Å². The van der Waals surface area contributed by atoms with Crippen LogP contribution in [0.4, 0.5) is 5.69 Å². The average molecular weight is 538 g/mol. The number of sulfone groups is 1. The van der Waals surface area contributed by atoms with Gasteiger partial charge in [-0.2, -0.15) is 5.10 Å². The number of hydrogen-bond donors (Lipinski definition) is 2. The summed E-state index contributed by atoms with van der Waals surface area (Å²) in [6, 6.07) is 25.7. The van der Waals surface area contributed by atoms with Gasteiger partial charge in [-0.05, 0) is 74.9 Å². The quantitative estimate of drug-likeness (QED) is 0.207. The minimum Gasteiger partial charge on any atom is -0.494 e. The topological polar surface area (TPSA) is 101 Å². The molecule has 8 heteroatoms. The molecule has 0 aliphatic rings. The second-order valence-corrected chi connectivity index (χ2v) is 11.4. The summed E-state index contributed by atoms with van der Waals surface area (Å²) in [5.74, 6) is -0.226. The lowest BCUT2D eigenvalue weighted by Gasteiger charge is -2.16. The molecule has 5 rings (SSSR count). The molecule has 0 amide bonds. The van der Waals surface area contributed by atoms with Crippen molar-refractivity contribution in [3.8, 4) is 11.6 Å². The molecule has 0 atom stereocenters. The zero-order chi connectivity index (χ0) is 27.7. The van der Waals surface area contributed by atoms with Crippen molar-refractivity contribution in [1.29, 1.82) is 0 Å². The predicted molar refractivity (Wildman–Crippen MR) is 155 cm³/mol. The van der Waals surface area contributed by atoms with E-state index in [1.807, 2.05) is 39.0 Å². The maximum absolute atomic E-state index is 13.4. The molecule has 0 spiro atoms. The average Bonchev–Trinajstić information content (AvgIpc) is 2.92. The lowest BCUT2D eigenvalue weighted by atomic mass is 10.1. The highest BCUT2D eigenvalue weighted by Gasteiger charge is 2.18. The lowest BCUT2D eigenvalue weighted by molar-refractivity contribution is 0.436. The molecule has 4 aromatic carbocycles. The van der Waals surface area contributed by atoms with Gasteiger partial charge in [0.2, 0.25) is 15.7 Å². The largest absolute Gasteiger partial charge is 0.494 e. The van der Waals surface area contributed by atoms with Crippen LogP contribution in [-0.4, -0.2) is 24.3 Å². The van der Waals surface area contributed by atoms with Gasteiger partial charge in [-0.1, -0.05) is 53.6 Å². The molecule has 39 heavy (non-hydrogen) atoms. The number of fused-ring (bicyclic) bond motifs is 1. The Hall–Kier alpha value is -4.69. The van der Waals surface area contributed by atoms with Gasteiger partial charge in [0.25, 0.3) is 5.56 Å². The first-order valence-corrected chi connectivity index (χ1v) is 13.8. The molecule has 1 aromatic heterocycles. The van der Waals surface area contributed by atoms with Crippen LogP contribution in [0.3, 0.4) is 0 Å². The Balaban J connectivity index is 1.48. The van der Waals surface area contributed by atoms with Crippen LogP contribution in [-0.2, 0) is 9.84 Å². The normalized spacial score (nSPS) is 11.8. The van der Waals surface area contributed by atoms with Gasteiger partial charge in [0, 0.05) is 10.8 Å². The number of hydrogen-bond acceptors (Lipinski definition) is 6. The van der Waals surface area contributed by atoms with Crippen LogP contribution in [0, 0.1) is 20.8 Å². The van der Waals surface area contributed by atoms with Gasteiger partial charge in [-0.3, -0.25) is 10.2 Å². The maximum Gasteiger partial charge on any atom is 0.265 e. The summed E-state index contributed by atoms with van der Waals surface area (Å²) >= 11 is 0. The lowest BCUT2D eigenvalue weighted by Crippen LogP contribution is -2.21. The molecule has 5 aromatic rings. The van der Waals surface area contributed by atoms with Gasteiger partial charge in [0.1, 0.15) is 0 Å². The van der Waals surface area contributed by atoms with Gasteiger partial charge in [0.15, 0.2) is 0 Å². The number of aromatic hydroxyl groups is 1. The van der Waals surface area contributed by atoms with Crippen molar-refractivity contribution in [1.82, 2.24) is 4.57 Å². The van der Waals surface area contributed by atoms with Crippen LogP contribution in [0.5, 0.6) is 5.88 Å². The molecule has 1 heterocycles. The van der Waals surface area contributed by atoms with Crippen LogP contribution >= 0.6 is 0 Å². The van der Waals surface area contributed by atoms with Gasteiger partial charge in [0.05, 0.1) is 32.9 Å². The predicted octanol–water partition coefficient (Wildman–Crippen LogP) is 5.90. The van der Waals surface area contributed by atoms with Crippen molar-refractivity contribution in [2.24, 2.45) is 5.10 Å². The number of aromatic nitrogens is 1. The Morgan fingerprint density at radius 1 is 0.795 bits per heavy atom. The zero-order valence-corrected chi connectivity index (χ0v) is 22.5. The third kappa shape index (κ3) is 4.94. The van der Waals surface area contributed by atoms with E-state index in [2.05, 4.69) is 10.5 Å². The Morgan fingerprint density at radius 2 is 1.38 bits per heavy atom. The van der Waals surface area contributed by atoms with Crippen molar-refractivity contribution in [3.63, 3.8) is 0 Å². The molecule has 0 radical (unpaired) electrons. The Labute approximate surface area is 226 Å². The van der Waals surface area contributed by atoms with E-state index in [1.165, 1.54) is 22.9 Å². The molecule has 0 aliphatic heterocycles. The number of hydrazone groups is 1. The van der Waals surface area contributed by atoms with Gasteiger partial charge < -0.3 is 5.11 Å². The second kappa shape index (κ2) is 10.2. The number of benzene rings is 4. The fraction of sp³-hybridized carbons (Fsp3) is 0.0968. The molecule has 196 valence electrons. The second-order valence-electron chi connectivity index (χ2n) is 9.42. The van der Waals surface area contributed by atoms with Crippen LogP contribution in [0.25, 0.3) is 16.5 Å². The Kier molecular flexibility index (Phi) is 6.80. The number of nitrogens with zero attached hydrogens (tertiary/aromatic N) is 2. The fourth-order valence-corrected chi connectivity index (χ4v) is 5.76. The van der Waals surface area contributed by atoms with E-state index in [9.17, 15) is 18.3 Å². The van der Waals surface area contributed by atoms with E-state index in [1.54, 1.807) is 60.7 Å². The molecule has 2 N–H and O–H groups in total. The van der Waals surface area contributed by atoms with E-state index in [-0.39, 0.29) is 21.2 Å². The zero-order valence-electron chi connectivity index (χ0n) is 21.7. The summed E-state index contributed by atoms with van der Waals surface area (Å²) in [6.45, 7) is 5.76. The first-order valence-electron chi connectivity index (χ1n) is 12.3. The van der Waals surface area contributed by atoms with Crippen molar-refractivity contribution in [3.05, 3.63) is 124 Å². The van der Waals surface area contributed by atoms with Crippen LogP contribution in [0.2, 0.25) is 0 Å². The fourth-order valence-electron chi connectivity index (χ4n) is 4.50. The van der Waals surface area contributed by atoms with E-state index in [4.69, 9.17) is 0 Å². The monoisotopic (exact) mass is 537 g/mol. The third-order valence-electron chi connectivity index (χ3n) is 6.58. The Bertz CT molecular complexity index is 1890. The van der Waals surface area contributed by atoms with Gasteiger partial charge in [-0.15, -0.1) is 0 Å². The van der Waals surface area contributed by atoms with Crippen molar-refractivity contribution in [2.75, 3.05) is 5.43 Å². The molecule has 0 fully saturated rings. The summed E-state index contributed by atoms with van der Waals surface area (Å²) < 4.78 is 27.2. The first-order chi connectivity index (χ1) is 18.7. The van der Waals surface area contributed by atoms with E-state index < -0.39 is 9.84 Å². The molecule has 7 nitrogen and oxygen atoms in total. The van der Waals surface area contributed by atoms with Crippen LogP contribution < -0.4 is 11.0 Å². The molecule has 0 aliphatic carbocycles. The first kappa shape index (κ1) is 25.9. The number of pyridine rings is 1. The molecule has 0 unspecified atom stereocenters. The number of rotatable bonds is 6. The summed E-state index contributed by atoms with van der Waals surface area (Å²) in [7, 11) is -3.64. The van der Waals surface area contributed by atoms with E-state index >= 15 is 0 Å². The van der Waals surface area contributed by atoms with E-state index in [0.717, 1.165) is 16.7 Å². The summed E-state index contributed by atoms with van der Waals surface area (Å²) in [4.78, 5) is 13.8. The summed E-state index contributed by atoms with van der Waals surface area (Å²) in [6.07, 6.45) is 1.45. The maximum atomic E-state index is 13.4. The molecular weight excluding hydrogens is 510 g/mol. The number of nitrogens with one attached hydrogen (secondary N) is 1. The molecule has 0 saturated carbocycles. The molecular formula is C31H27N3O4S. The smallest absolute Gasteiger partial charge is 0.265 e. The number of anilines is 1. The third-order valence-corrected chi connectivity index (χ3v) is 8.37.